The minimum absolute atomic E-state index is 0.00998. The summed E-state index contributed by atoms with van der Waals surface area (Å²) in [6.45, 7) is 1.72. The number of carbonyl (C=O) groups excluding carboxylic acids is 1. The predicted molar refractivity (Wildman–Crippen MR) is 53.9 cm³/mol. The summed E-state index contributed by atoms with van der Waals surface area (Å²) in [5, 5.41) is 0. The molecular formula is C10H8F3N3O2. The minimum atomic E-state index is -4.57. The van der Waals surface area contributed by atoms with Crippen LogP contribution in [0.1, 0.15) is 23.1 Å². The molecule has 0 amide bonds. The Labute approximate surface area is 99.2 Å². The average molecular weight is 259 g/mol. The summed E-state index contributed by atoms with van der Waals surface area (Å²) in [5.41, 5.74) is -1.23. The zero-order valence-electron chi connectivity index (χ0n) is 9.23. The molecule has 0 N–H and O–H groups in total. The summed E-state index contributed by atoms with van der Waals surface area (Å²) < 4.78 is 43.4. The fraction of sp³-hybridized carbons (Fsp3) is 0.300. The van der Waals surface area contributed by atoms with Gasteiger partial charge in [-0.3, -0.25) is 4.40 Å². The Morgan fingerprint density at radius 1 is 1.39 bits per heavy atom. The zero-order valence-corrected chi connectivity index (χ0v) is 9.23. The van der Waals surface area contributed by atoms with E-state index in [0.717, 1.165) is 12.4 Å². The fourth-order valence-corrected chi connectivity index (χ4v) is 1.41. The molecule has 0 aromatic carbocycles. The molecule has 0 saturated carbocycles. The second-order valence-electron chi connectivity index (χ2n) is 3.38. The Bertz CT molecular complexity index is 592. The minimum Gasteiger partial charge on any atom is -0.461 e. The van der Waals surface area contributed by atoms with Crippen molar-refractivity contribution in [2.24, 2.45) is 0 Å². The number of esters is 1. The van der Waals surface area contributed by atoms with Gasteiger partial charge in [-0.1, -0.05) is 0 Å². The van der Waals surface area contributed by atoms with Crippen molar-refractivity contribution in [2.45, 2.75) is 13.1 Å². The number of alkyl halides is 3. The van der Waals surface area contributed by atoms with Crippen LogP contribution in [0, 0.1) is 0 Å². The summed E-state index contributed by atoms with van der Waals surface area (Å²) in [6, 6.07) is 0.763. The summed E-state index contributed by atoms with van der Waals surface area (Å²) >= 11 is 0. The standard InChI is InChI=1S/C10H8F3N3O2/c1-2-18-9(17)8-6-3-7(10(11,12)13)14-4-16(6)5-15-8/h3-5H,2H2,1H3. The SMILES string of the molecule is CCOC(=O)c1ncn2cnc(C(F)(F)F)cc12. The van der Waals surface area contributed by atoms with Crippen LogP contribution in [-0.2, 0) is 10.9 Å². The first-order valence-corrected chi connectivity index (χ1v) is 5.00. The maximum Gasteiger partial charge on any atom is 0.433 e. The van der Waals surface area contributed by atoms with Crippen LogP contribution in [0.4, 0.5) is 13.2 Å². The molecular weight excluding hydrogens is 251 g/mol. The number of aromatic nitrogens is 3. The van der Waals surface area contributed by atoms with Crippen molar-refractivity contribution in [3.8, 4) is 0 Å². The van der Waals surface area contributed by atoms with E-state index in [1.54, 1.807) is 6.92 Å². The third-order valence-electron chi connectivity index (χ3n) is 2.19. The van der Waals surface area contributed by atoms with E-state index in [9.17, 15) is 18.0 Å². The summed E-state index contributed by atoms with van der Waals surface area (Å²) in [7, 11) is 0. The lowest BCUT2D eigenvalue weighted by atomic mass is 10.3. The van der Waals surface area contributed by atoms with Crippen molar-refractivity contribution in [1.29, 1.82) is 0 Å². The van der Waals surface area contributed by atoms with Gasteiger partial charge in [0.2, 0.25) is 0 Å². The smallest absolute Gasteiger partial charge is 0.433 e. The van der Waals surface area contributed by atoms with Gasteiger partial charge in [-0.15, -0.1) is 0 Å². The van der Waals surface area contributed by atoms with Crippen LogP contribution < -0.4 is 0 Å². The van der Waals surface area contributed by atoms with Gasteiger partial charge in [0, 0.05) is 0 Å². The lowest BCUT2D eigenvalue weighted by molar-refractivity contribution is -0.141. The van der Waals surface area contributed by atoms with Gasteiger partial charge < -0.3 is 4.74 Å². The number of fused-ring (bicyclic) bond motifs is 1. The lowest BCUT2D eigenvalue weighted by Gasteiger charge is -2.05. The molecule has 0 fully saturated rings. The molecule has 0 unspecified atom stereocenters. The van der Waals surface area contributed by atoms with Gasteiger partial charge >= 0.3 is 12.1 Å². The van der Waals surface area contributed by atoms with Gasteiger partial charge in [-0.2, -0.15) is 13.2 Å². The molecule has 0 saturated heterocycles. The maximum atomic E-state index is 12.5. The van der Waals surface area contributed by atoms with Crippen LogP contribution in [0.2, 0.25) is 0 Å². The van der Waals surface area contributed by atoms with E-state index in [4.69, 9.17) is 4.74 Å². The van der Waals surface area contributed by atoms with Gasteiger partial charge in [0.25, 0.3) is 0 Å². The zero-order chi connectivity index (χ0) is 13.3. The normalized spacial score (nSPS) is 11.8. The van der Waals surface area contributed by atoms with E-state index in [-0.39, 0.29) is 17.8 Å². The van der Waals surface area contributed by atoms with Crippen molar-refractivity contribution in [3.05, 3.63) is 30.1 Å². The first kappa shape index (κ1) is 12.3. The van der Waals surface area contributed by atoms with Crippen LogP contribution in [-0.4, -0.2) is 26.9 Å². The average Bonchev–Trinajstić information content (AvgIpc) is 2.70. The highest BCUT2D eigenvalue weighted by molar-refractivity contribution is 5.94. The third-order valence-corrected chi connectivity index (χ3v) is 2.19. The van der Waals surface area contributed by atoms with E-state index in [1.165, 1.54) is 10.7 Å². The molecule has 0 radical (unpaired) electrons. The van der Waals surface area contributed by atoms with Gasteiger partial charge in [0.15, 0.2) is 5.69 Å². The van der Waals surface area contributed by atoms with E-state index < -0.39 is 17.8 Å². The Morgan fingerprint density at radius 2 is 2.06 bits per heavy atom. The van der Waals surface area contributed by atoms with Gasteiger partial charge in [-0.25, -0.2) is 14.8 Å². The maximum absolute atomic E-state index is 12.5. The molecule has 0 aliphatic heterocycles. The molecule has 2 rings (SSSR count). The molecule has 96 valence electrons. The Kier molecular flexibility index (Phi) is 2.93. The second kappa shape index (κ2) is 4.28. The summed E-state index contributed by atoms with van der Waals surface area (Å²) in [6.07, 6.45) is -2.42. The molecule has 0 atom stereocenters. The number of ether oxygens (including phenoxy) is 1. The van der Waals surface area contributed by atoms with Gasteiger partial charge in [0.05, 0.1) is 12.1 Å². The highest BCUT2D eigenvalue weighted by Crippen LogP contribution is 2.28. The second-order valence-corrected chi connectivity index (χ2v) is 3.38. The third kappa shape index (κ3) is 2.13. The molecule has 0 aliphatic carbocycles. The molecule has 18 heavy (non-hydrogen) atoms. The van der Waals surface area contributed by atoms with Crippen LogP contribution in [0.5, 0.6) is 0 Å². The first-order valence-electron chi connectivity index (χ1n) is 5.00. The molecule has 0 bridgehead atoms. The van der Waals surface area contributed by atoms with Crippen molar-refractivity contribution in [3.63, 3.8) is 0 Å². The van der Waals surface area contributed by atoms with Crippen molar-refractivity contribution in [2.75, 3.05) is 6.61 Å². The molecule has 0 spiro atoms. The van der Waals surface area contributed by atoms with E-state index in [1.807, 2.05) is 0 Å². The number of hydrogen-bond donors (Lipinski definition) is 0. The van der Waals surface area contributed by atoms with Gasteiger partial charge in [-0.05, 0) is 13.0 Å². The molecule has 5 nitrogen and oxygen atoms in total. The van der Waals surface area contributed by atoms with Crippen molar-refractivity contribution < 1.29 is 22.7 Å². The van der Waals surface area contributed by atoms with Crippen molar-refractivity contribution in [1.82, 2.24) is 14.4 Å². The van der Waals surface area contributed by atoms with Crippen LogP contribution in [0.15, 0.2) is 18.7 Å². The molecule has 2 aromatic rings. The first-order chi connectivity index (χ1) is 8.43. The van der Waals surface area contributed by atoms with Crippen LogP contribution in [0.25, 0.3) is 5.52 Å². The number of nitrogens with zero attached hydrogens (tertiary/aromatic N) is 3. The van der Waals surface area contributed by atoms with Crippen molar-refractivity contribution >= 4 is 11.5 Å². The molecule has 8 heteroatoms. The molecule has 2 heterocycles. The quantitative estimate of drug-likeness (QED) is 0.773. The highest BCUT2D eigenvalue weighted by atomic mass is 19.4. The number of rotatable bonds is 2. The van der Waals surface area contributed by atoms with Gasteiger partial charge in [0.1, 0.15) is 18.3 Å². The number of hydrogen-bond acceptors (Lipinski definition) is 4. The van der Waals surface area contributed by atoms with Crippen LogP contribution in [0.3, 0.4) is 0 Å². The van der Waals surface area contributed by atoms with E-state index >= 15 is 0 Å². The lowest BCUT2D eigenvalue weighted by Crippen LogP contribution is -2.10. The summed E-state index contributed by atoms with van der Waals surface area (Å²) in [4.78, 5) is 18.4. The number of carbonyl (C=O) groups is 1. The van der Waals surface area contributed by atoms with E-state index in [2.05, 4.69) is 9.97 Å². The molecule has 2 aromatic heterocycles. The molecule has 0 aliphatic rings. The monoisotopic (exact) mass is 259 g/mol. The Balaban J connectivity index is 2.53. The Morgan fingerprint density at radius 3 is 2.67 bits per heavy atom. The largest absolute Gasteiger partial charge is 0.461 e. The topological polar surface area (TPSA) is 56.5 Å². The van der Waals surface area contributed by atoms with Crippen LogP contribution >= 0.6 is 0 Å². The number of imidazole rings is 1. The predicted octanol–water partition coefficient (Wildman–Crippen LogP) is 1.92. The Hall–Kier alpha value is -2.12. The van der Waals surface area contributed by atoms with E-state index in [0.29, 0.717) is 0 Å². The highest BCUT2D eigenvalue weighted by Gasteiger charge is 2.33. The fourth-order valence-electron chi connectivity index (χ4n) is 1.41. The number of halogens is 3. The summed E-state index contributed by atoms with van der Waals surface area (Å²) in [5.74, 6) is -0.765.